The molecule has 166 valence electrons. The molecule has 0 saturated carbocycles. The van der Waals surface area contributed by atoms with E-state index in [0.717, 1.165) is 23.1 Å². The van der Waals surface area contributed by atoms with E-state index in [-0.39, 0.29) is 19.6 Å². The first kappa shape index (κ1) is 22.9. The van der Waals surface area contributed by atoms with Crippen molar-refractivity contribution >= 4 is 23.7 Å². The molecule has 2 N–H and O–H groups in total. The molecule has 1 atom stereocenters. The number of carbonyl (C=O) groups excluding carboxylic acids is 1. The molecule has 1 amide bonds. The number of nitrogens with one attached hydrogen (secondary N) is 1. The summed E-state index contributed by atoms with van der Waals surface area (Å²) in [6.07, 6.45) is 0.866. The maximum absolute atomic E-state index is 12.1. The minimum absolute atomic E-state index is 0.100. The zero-order valence-electron chi connectivity index (χ0n) is 17.4. The third-order valence-electron chi connectivity index (χ3n) is 5.09. The summed E-state index contributed by atoms with van der Waals surface area (Å²) < 4.78 is 16.5. The number of rotatable bonds is 9. The first-order chi connectivity index (χ1) is 14.9. The lowest BCUT2D eigenvalue weighted by molar-refractivity contribution is -0.159. The SMILES string of the molecule is CCOc1ccc(CC2(C(=O)O)CCCO2)cc1CNC(=O)OCc1cccc(Cl)c1. The molecule has 1 aliphatic heterocycles. The van der Waals surface area contributed by atoms with Crippen molar-refractivity contribution in [2.24, 2.45) is 0 Å². The molecule has 0 radical (unpaired) electrons. The van der Waals surface area contributed by atoms with Crippen LogP contribution in [0.25, 0.3) is 0 Å². The highest BCUT2D eigenvalue weighted by Gasteiger charge is 2.43. The van der Waals surface area contributed by atoms with Gasteiger partial charge in [0.1, 0.15) is 12.4 Å². The number of hydrogen-bond donors (Lipinski definition) is 2. The van der Waals surface area contributed by atoms with E-state index in [1.807, 2.05) is 25.1 Å². The highest BCUT2D eigenvalue weighted by molar-refractivity contribution is 6.30. The number of amides is 1. The Hall–Kier alpha value is -2.77. The van der Waals surface area contributed by atoms with Gasteiger partial charge in [-0.25, -0.2) is 9.59 Å². The Bertz CT molecular complexity index is 926. The Balaban J connectivity index is 1.65. The van der Waals surface area contributed by atoms with Crippen molar-refractivity contribution < 1.29 is 28.9 Å². The van der Waals surface area contributed by atoms with Gasteiger partial charge >= 0.3 is 12.1 Å². The summed E-state index contributed by atoms with van der Waals surface area (Å²) in [5.74, 6) is -0.332. The van der Waals surface area contributed by atoms with Crippen LogP contribution in [0.15, 0.2) is 42.5 Å². The van der Waals surface area contributed by atoms with Gasteiger partial charge in [0.25, 0.3) is 0 Å². The van der Waals surface area contributed by atoms with Gasteiger partial charge in [0, 0.05) is 30.2 Å². The van der Waals surface area contributed by atoms with Crippen LogP contribution in [-0.2, 0) is 33.8 Å². The molecule has 1 fully saturated rings. The highest BCUT2D eigenvalue weighted by Crippen LogP contribution is 2.31. The van der Waals surface area contributed by atoms with Crippen LogP contribution in [0.1, 0.15) is 36.5 Å². The molecular weight excluding hydrogens is 422 g/mol. The number of aliphatic carboxylic acids is 1. The van der Waals surface area contributed by atoms with E-state index in [4.69, 9.17) is 25.8 Å². The molecule has 0 spiro atoms. The molecule has 0 bridgehead atoms. The number of carboxylic acid groups (broad SMARTS) is 1. The summed E-state index contributed by atoms with van der Waals surface area (Å²) in [4.78, 5) is 23.9. The van der Waals surface area contributed by atoms with Crippen LogP contribution in [0.4, 0.5) is 4.79 Å². The van der Waals surface area contributed by atoms with Gasteiger partial charge < -0.3 is 24.6 Å². The van der Waals surface area contributed by atoms with E-state index in [1.54, 1.807) is 24.3 Å². The second-order valence-corrected chi connectivity index (χ2v) is 7.80. The monoisotopic (exact) mass is 447 g/mol. The van der Waals surface area contributed by atoms with Gasteiger partial charge in [-0.1, -0.05) is 35.9 Å². The smallest absolute Gasteiger partial charge is 0.407 e. The van der Waals surface area contributed by atoms with Crippen molar-refractivity contribution in [3.63, 3.8) is 0 Å². The van der Waals surface area contributed by atoms with Gasteiger partial charge in [0.2, 0.25) is 0 Å². The lowest BCUT2D eigenvalue weighted by Gasteiger charge is -2.24. The second-order valence-electron chi connectivity index (χ2n) is 7.36. The Kier molecular flexibility index (Phi) is 7.76. The summed E-state index contributed by atoms with van der Waals surface area (Å²) in [7, 11) is 0. The van der Waals surface area contributed by atoms with Crippen LogP contribution in [0, 0.1) is 0 Å². The van der Waals surface area contributed by atoms with Crippen molar-refractivity contribution in [1.82, 2.24) is 5.32 Å². The molecule has 0 aliphatic carbocycles. The van der Waals surface area contributed by atoms with E-state index in [9.17, 15) is 14.7 Å². The summed E-state index contributed by atoms with van der Waals surface area (Å²) in [6.45, 7) is 3.06. The van der Waals surface area contributed by atoms with E-state index < -0.39 is 17.7 Å². The maximum Gasteiger partial charge on any atom is 0.407 e. The molecule has 1 saturated heterocycles. The maximum atomic E-state index is 12.1. The number of halogens is 1. The van der Waals surface area contributed by atoms with Gasteiger partial charge in [0.15, 0.2) is 5.60 Å². The minimum Gasteiger partial charge on any atom is -0.494 e. The van der Waals surface area contributed by atoms with Gasteiger partial charge in [-0.15, -0.1) is 0 Å². The number of carboxylic acids is 1. The molecule has 1 heterocycles. The standard InChI is InChI=1S/C23H26ClNO6/c1-2-29-20-8-7-16(13-23(21(26)27)9-4-10-31-23)11-18(20)14-25-22(28)30-15-17-5-3-6-19(24)12-17/h3,5-8,11-12H,2,4,9-10,13-15H2,1H3,(H,25,28)(H,26,27). The Labute approximate surface area is 186 Å². The first-order valence-electron chi connectivity index (χ1n) is 10.2. The van der Waals surface area contributed by atoms with Crippen LogP contribution in [0.2, 0.25) is 5.02 Å². The molecule has 1 unspecified atom stereocenters. The number of ether oxygens (including phenoxy) is 3. The number of carbonyl (C=O) groups is 2. The normalized spacial score (nSPS) is 17.9. The van der Waals surface area contributed by atoms with Crippen molar-refractivity contribution in [2.75, 3.05) is 13.2 Å². The molecule has 1 aliphatic rings. The van der Waals surface area contributed by atoms with Crippen LogP contribution < -0.4 is 10.1 Å². The lowest BCUT2D eigenvalue weighted by Crippen LogP contribution is -2.40. The first-order valence-corrected chi connectivity index (χ1v) is 10.6. The third kappa shape index (κ3) is 6.12. The molecule has 31 heavy (non-hydrogen) atoms. The van der Waals surface area contributed by atoms with E-state index >= 15 is 0 Å². The van der Waals surface area contributed by atoms with Crippen LogP contribution >= 0.6 is 11.6 Å². The molecule has 0 aromatic heterocycles. The average molecular weight is 448 g/mol. The van der Waals surface area contributed by atoms with Gasteiger partial charge in [-0.05, 0) is 49.1 Å². The quantitative estimate of drug-likeness (QED) is 0.593. The van der Waals surface area contributed by atoms with Crippen LogP contribution in [0.5, 0.6) is 5.75 Å². The summed E-state index contributed by atoms with van der Waals surface area (Å²) in [6, 6.07) is 12.5. The lowest BCUT2D eigenvalue weighted by atomic mass is 9.91. The van der Waals surface area contributed by atoms with Crippen molar-refractivity contribution in [3.05, 3.63) is 64.2 Å². The topological polar surface area (TPSA) is 94.1 Å². The summed E-state index contributed by atoms with van der Waals surface area (Å²) in [5, 5.41) is 12.9. The largest absolute Gasteiger partial charge is 0.494 e. The van der Waals surface area contributed by atoms with Crippen LogP contribution in [-0.4, -0.2) is 36.0 Å². The Morgan fingerprint density at radius 1 is 1.23 bits per heavy atom. The second kappa shape index (κ2) is 10.5. The predicted molar refractivity (Wildman–Crippen MR) is 115 cm³/mol. The Morgan fingerprint density at radius 2 is 2.06 bits per heavy atom. The zero-order chi connectivity index (χ0) is 22.3. The minimum atomic E-state index is -1.20. The fraction of sp³-hybridized carbons (Fsp3) is 0.391. The Morgan fingerprint density at radius 3 is 2.74 bits per heavy atom. The van der Waals surface area contributed by atoms with Crippen molar-refractivity contribution in [2.45, 2.75) is 44.9 Å². The molecular formula is C23H26ClNO6. The average Bonchev–Trinajstić information content (AvgIpc) is 3.22. The van der Waals surface area contributed by atoms with E-state index in [1.165, 1.54) is 0 Å². The van der Waals surface area contributed by atoms with E-state index in [0.29, 0.717) is 30.4 Å². The number of benzene rings is 2. The molecule has 2 aromatic rings. The molecule has 7 nitrogen and oxygen atoms in total. The fourth-order valence-electron chi connectivity index (χ4n) is 3.58. The summed E-state index contributed by atoms with van der Waals surface area (Å²) in [5.41, 5.74) is 1.12. The molecule has 8 heteroatoms. The van der Waals surface area contributed by atoms with Gasteiger partial charge in [-0.2, -0.15) is 0 Å². The number of alkyl carbamates (subject to hydrolysis) is 1. The zero-order valence-corrected chi connectivity index (χ0v) is 18.1. The third-order valence-corrected chi connectivity index (χ3v) is 5.32. The number of hydrogen-bond acceptors (Lipinski definition) is 5. The van der Waals surface area contributed by atoms with Crippen molar-refractivity contribution in [1.29, 1.82) is 0 Å². The highest BCUT2D eigenvalue weighted by atomic mass is 35.5. The van der Waals surface area contributed by atoms with Crippen molar-refractivity contribution in [3.8, 4) is 5.75 Å². The molecule has 2 aromatic carbocycles. The summed E-state index contributed by atoms with van der Waals surface area (Å²) >= 11 is 5.94. The van der Waals surface area contributed by atoms with Gasteiger partial charge in [-0.3, -0.25) is 0 Å². The fourth-order valence-corrected chi connectivity index (χ4v) is 3.80. The van der Waals surface area contributed by atoms with Crippen LogP contribution in [0.3, 0.4) is 0 Å². The predicted octanol–water partition coefficient (Wildman–Crippen LogP) is 4.34. The van der Waals surface area contributed by atoms with E-state index in [2.05, 4.69) is 5.32 Å². The van der Waals surface area contributed by atoms with Gasteiger partial charge in [0.05, 0.1) is 6.61 Å². The molecule has 3 rings (SSSR count).